The molecule has 6 nitrogen and oxygen atoms in total. The van der Waals surface area contributed by atoms with Crippen LogP contribution in [0.5, 0.6) is 0 Å². The van der Waals surface area contributed by atoms with Crippen LogP contribution in [0.4, 0.5) is 5.82 Å². The number of anilines is 1. The van der Waals surface area contributed by atoms with Crippen molar-refractivity contribution in [2.24, 2.45) is 17.8 Å². The number of hydrogen-bond donors (Lipinski definition) is 1. The first-order valence-electron chi connectivity index (χ1n) is 9.63. The summed E-state index contributed by atoms with van der Waals surface area (Å²) < 4.78 is 6.24. The van der Waals surface area contributed by atoms with E-state index in [0.29, 0.717) is 11.8 Å². The van der Waals surface area contributed by atoms with Gasteiger partial charge in [-0.2, -0.15) is 0 Å². The van der Waals surface area contributed by atoms with Crippen molar-refractivity contribution in [1.29, 1.82) is 0 Å². The number of hydrogen-bond acceptors (Lipinski definition) is 6. The monoisotopic (exact) mass is 376 g/mol. The van der Waals surface area contributed by atoms with Gasteiger partial charge in [-0.15, -0.1) is 0 Å². The summed E-state index contributed by atoms with van der Waals surface area (Å²) in [6, 6.07) is 2.14. The van der Waals surface area contributed by atoms with Crippen molar-refractivity contribution in [3.05, 3.63) is 12.3 Å². The molecule has 1 saturated heterocycles. The molecule has 3 fully saturated rings. The number of amides is 1. The van der Waals surface area contributed by atoms with E-state index in [1.54, 1.807) is 18.7 Å². The SMILES string of the molecule is CSc1nccc(N2C[C@H]3C[C@@H](NC(C)=O)[C@H](OCC4CC4)C[C@H]3C2)n1. The minimum Gasteiger partial charge on any atom is -0.376 e. The molecule has 26 heavy (non-hydrogen) atoms. The Kier molecular flexibility index (Phi) is 5.36. The maximum atomic E-state index is 11.7. The van der Waals surface area contributed by atoms with E-state index >= 15 is 0 Å². The molecule has 4 rings (SSSR count). The maximum Gasteiger partial charge on any atom is 0.217 e. The molecule has 3 aliphatic rings. The molecule has 7 heteroatoms. The molecule has 0 radical (unpaired) electrons. The fraction of sp³-hybridized carbons (Fsp3) is 0.737. The number of nitrogens with one attached hydrogen (secondary N) is 1. The second-order valence-corrected chi connectivity index (χ2v) is 8.69. The highest BCUT2D eigenvalue weighted by atomic mass is 32.2. The smallest absolute Gasteiger partial charge is 0.217 e. The Morgan fingerprint density at radius 1 is 1.35 bits per heavy atom. The Hall–Kier alpha value is -1.34. The molecule has 142 valence electrons. The van der Waals surface area contributed by atoms with E-state index in [4.69, 9.17) is 4.74 Å². The lowest BCUT2D eigenvalue weighted by molar-refractivity contribution is -0.122. The Bertz CT molecular complexity index is 654. The van der Waals surface area contributed by atoms with Gasteiger partial charge in [-0.3, -0.25) is 4.79 Å². The largest absolute Gasteiger partial charge is 0.376 e. The zero-order valence-electron chi connectivity index (χ0n) is 15.6. The third-order valence-corrected chi connectivity index (χ3v) is 6.44. The average molecular weight is 377 g/mol. The molecular formula is C19H28N4O2S. The van der Waals surface area contributed by atoms with Gasteiger partial charge < -0.3 is 15.0 Å². The fourth-order valence-corrected chi connectivity index (χ4v) is 4.70. The number of nitrogens with zero attached hydrogens (tertiary/aromatic N) is 3. The van der Waals surface area contributed by atoms with Gasteiger partial charge in [-0.25, -0.2) is 9.97 Å². The van der Waals surface area contributed by atoms with Crippen LogP contribution in [-0.2, 0) is 9.53 Å². The molecule has 0 spiro atoms. The quantitative estimate of drug-likeness (QED) is 0.607. The number of rotatable bonds is 6. The first-order chi connectivity index (χ1) is 12.6. The number of fused-ring (bicyclic) bond motifs is 1. The molecule has 0 aromatic carbocycles. The van der Waals surface area contributed by atoms with Crippen molar-refractivity contribution in [3.8, 4) is 0 Å². The molecule has 1 amide bonds. The predicted molar refractivity (Wildman–Crippen MR) is 102 cm³/mol. The normalized spacial score (nSPS) is 30.9. The lowest BCUT2D eigenvalue weighted by Crippen LogP contribution is -2.50. The van der Waals surface area contributed by atoms with E-state index in [1.165, 1.54) is 12.8 Å². The zero-order valence-corrected chi connectivity index (χ0v) is 16.4. The number of ether oxygens (including phenoxy) is 1. The zero-order chi connectivity index (χ0) is 18.1. The third kappa shape index (κ3) is 4.14. The molecule has 2 aliphatic carbocycles. The third-order valence-electron chi connectivity index (χ3n) is 5.87. The Labute approximate surface area is 159 Å². The number of thioether (sulfide) groups is 1. The van der Waals surface area contributed by atoms with Gasteiger partial charge in [0, 0.05) is 32.8 Å². The Balaban J connectivity index is 1.44. The summed E-state index contributed by atoms with van der Waals surface area (Å²) in [5.74, 6) is 3.00. The molecular weight excluding hydrogens is 348 g/mol. The first kappa shape index (κ1) is 18.0. The van der Waals surface area contributed by atoms with Crippen LogP contribution in [0.2, 0.25) is 0 Å². The van der Waals surface area contributed by atoms with Crippen LogP contribution in [-0.4, -0.2) is 54.0 Å². The minimum atomic E-state index is 0.0451. The van der Waals surface area contributed by atoms with Crippen LogP contribution in [0, 0.1) is 17.8 Å². The number of aromatic nitrogens is 2. The summed E-state index contributed by atoms with van der Waals surface area (Å²) in [7, 11) is 0. The van der Waals surface area contributed by atoms with Crippen molar-refractivity contribution >= 4 is 23.5 Å². The van der Waals surface area contributed by atoms with Gasteiger partial charge in [0.05, 0.1) is 12.1 Å². The average Bonchev–Trinajstić information content (AvgIpc) is 3.37. The minimum absolute atomic E-state index is 0.0451. The Morgan fingerprint density at radius 2 is 2.12 bits per heavy atom. The number of carbonyl (C=O) groups excluding carboxylic acids is 1. The molecule has 2 saturated carbocycles. The maximum absolute atomic E-state index is 11.7. The van der Waals surface area contributed by atoms with Gasteiger partial charge in [0.25, 0.3) is 0 Å². The number of carbonyl (C=O) groups is 1. The van der Waals surface area contributed by atoms with Gasteiger partial charge in [-0.05, 0) is 55.8 Å². The Morgan fingerprint density at radius 3 is 2.81 bits per heavy atom. The summed E-state index contributed by atoms with van der Waals surface area (Å²) in [4.78, 5) is 23.0. The van der Waals surface area contributed by atoms with Crippen molar-refractivity contribution in [2.45, 2.75) is 49.9 Å². The lowest BCUT2D eigenvalue weighted by atomic mass is 9.77. The summed E-state index contributed by atoms with van der Waals surface area (Å²) in [5.41, 5.74) is 0. The van der Waals surface area contributed by atoms with Crippen LogP contribution in [0.25, 0.3) is 0 Å². The van der Waals surface area contributed by atoms with Crippen LogP contribution in [0.15, 0.2) is 17.4 Å². The van der Waals surface area contributed by atoms with Crippen LogP contribution in [0.1, 0.15) is 32.6 Å². The molecule has 4 atom stereocenters. The molecule has 1 N–H and O–H groups in total. The van der Waals surface area contributed by atoms with Crippen molar-refractivity contribution in [2.75, 3.05) is 30.9 Å². The van der Waals surface area contributed by atoms with E-state index in [0.717, 1.165) is 49.4 Å². The van der Waals surface area contributed by atoms with Gasteiger partial charge in [0.1, 0.15) is 5.82 Å². The van der Waals surface area contributed by atoms with Crippen LogP contribution in [0.3, 0.4) is 0 Å². The highest BCUT2D eigenvalue weighted by molar-refractivity contribution is 7.98. The molecule has 1 aliphatic heterocycles. The van der Waals surface area contributed by atoms with Gasteiger partial charge in [0.15, 0.2) is 5.16 Å². The summed E-state index contributed by atoms with van der Waals surface area (Å²) in [6.45, 7) is 4.48. The first-order valence-corrected chi connectivity index (χ1v) is 10.9. The van der Waals surface area contributed by atoms with E-state index < -0.39 is 0 Å². The van der Waals surface area contributed by atoms with Gasteiger partial charge >= 0.3 is 0 Å². The topological polar surface area (TPSA) is 67.4 Å². The van der Waals surface area contributed by atoms with E-state index in [1.807, 2.05) is 18.5 Å². The van der Waals surface area contributed by atoms with Crippen molar-refractivity contribution in [1.82, 2.24) is 15.3 Å². The molecule has 1 aromatic heterocycles. The van der Waals surface area contributed by atoms with E-state index in [-0.39, 0.29) is 18.1 Å². The van der Waals surface area contributed by atoms with Crippen molar-refractivity contribution < 1.29 is 9.53 Å². The summed E-state index contributed by atoms with van der Waals surface area (Å²) in [6.07, 6.45) is 8.61. The van der Waals surface area contributed by atoms with Crippen molar-refractivity contribution in [3.63, 3.8) is 0 Å². The van der Waals surface area contributed by atoms with Crippen LogP contribution >= 0.6 is 11.8 Å². The summed E-state index contributed by atoms with van der Waals surface area (Å²) >= 11 is 1.57. The van der Waals surface area contributed by atoms with E-state index in [2.05, 4.69) is 20.2 Å². The molecule has 2 heterocycles. The van der Waals surface area contributed by atoms with Crippen LogP contribution < -0.4 is 10.2 Å². The standard InChI is InChI=1S/C19H28N4O2S/c1-12(24)21-16-7-14-9-23(18-5-6-20-19(22-18)26-2)10-15(14)8-17(16)25-11-13-3-4-13/h5-6,13-17H,3-4,7-11H2,1-2H3,(H,21,24)/t14-,15+,16-,17-/m1/s1. The highest BCUT2D eigenvalue weighted by Gasteiger charge is 2.43. The summed E-state index contributed by atoms with van der Waals surface area (Å²) in [5, 5.41) is 3.97. The highest BCUT2D eigenvalue weighted by Crippen LogP contribution is 2.40. The molecule has 0 unspecified atom stereocenters. The predicted octanol–water partition coefficient (Wildman–Crippen LogP) is 2.34. The molecule has 1 aromatic rings. The van der Waals surface area contributed by atoms with Gasteiger partial charge in [-0.1, -0.05) is 11.8 Å². The second-order valence-electron chi connectivity index (χ2n) is 7.92. The fourth-order valence-electron chi connectivity index (χ4n) is 4.35. The van der Waals surface area contributed by atoms with Gasteiger partial charge in [0.2, 0.25) is 5.91 Å². The molecule has 0 bridgehead atoms. The van der Waals surface area contributed by atoms with E-state index in [9.17, 15) is 4.79 Å². The second kappa shape index (κ2) is 7.72. The lowest BCUT2D eigenvalue weighted by Gasteiger charge is -2.38.